The van der Waals surface area contributed by atoms with Crippen LogP contribution in [-0.4, -0.2) is 31.1 Å². The Morgan fingerprint density at radius 3 is 2.45 bits per heavy atom. The Balaban J connectivity index is 1.75. The van der Waals surface area contributed by atoms with Crippen LogP contribution < -0.4 is 15.4 Å². The van der Waals surface area contributed by atoms with Gasteiger partial charge in [-0.3, -0.25) is 4.79 Å². The SMILES string of the molecule is COC(=O)c1ccccc1NC(=O)c1ccc(Nc2cc(C)ccc2OC)cn1. The number of pyridine rings is 1. The van der Waals surface area contributed by atoms with E-state index >= 15 is 0 Å². The molecule has 0 aliphatic rings. The smallest absolute Gasteiger partial charge is 0.339 e. The van der Waals surface area contributed by atoms with Gasteiger partial charge in [-0.1, -0.05) is 18.2 Å². The maximum atomic E-state index is 12.5. The molecule has 7 nitrogen and oxygen atoms in total. The molecule has 2 aromatic carbocycles. The van der Waals surface area contributed by atoms with Crippen LogP contribution >= 0.6 is 0 Å². The summed E-state index contributed by atoms with van der Waals surface area (Å²) in [6.07, 6.45) is 1.56. The van der Waals surface area contributed by atoms with Crippen LogP contribution in [-0.2, 0) is 4.74 Å². The van der Waals surface area contributed by atoms with E-state index in [0.29, 0.717) is 17.1 Å². The summed E-state index contributed by atoms with van der Waals surface area (Å²) in [6, 6.07) is 15.8. The molecule has 0 unspecified atom stereocenters. The fourth-order valence-corrected chi connectivity index (χ4v) is 2.74. The zero-order valence-electron chi connectivity index (χ0n) is 16.4. The van der Waals surface area contributed by atoms with Crippen molar-refractivity contribution in [1.82, 2.24) is 4.98 Å². The Kier molecular flexibility index (Phi) is 6.09. The normalized spacial score (nSPS) is 10.2. The average Bonchev–Trinajstić information content (AvgIpc) is 2.74. The van der Waals surface area contributed by atoms with Gasteiger partial charge in [-0.2, -0.15) is 0 Å². The molecule has 0 saturated heterocycles. The van der Waals surface area contributed by atoms with Crippen molar-refractivity contribution in [2.24, 2.45) is 0 Å². The first kappa shape index (κ1) is 19.9. The van der Waals surface area contributed by atoms with Crippen LogP contribution in [0, 0.1) is 6.92 Å². The summed E-state index contributed by atoms with van der Waals surface area (Å²) >= 11 is 0. The van der Waals surface area contributed by atoms with Crippen LogP contribution in [0.4, 0.5) is 17.1 Å². The third kappa shape index (κ3) is 4.70. The molecule has 0 radical (unpaired) electrons. The lowest BCUT2D eigenvalue weighted by Crippen LogP contribution is -2.16. The van der Waals surface area contributed by atoms with E-state index in [1.807, 2.05) is 25.1 Å². The molecule has 0 fully saturated rings. The van der Waals surface area contributed by atoms with Crippen molar-refractivity contribution < 1.29 is 19.1 Å². The number of ether oxygens (including phenoxy) is 2. The zero-order valence-corrected chi connectivity index (χ0v) is 16.4. The number of nitrogens with one attached hydrogen (secondary N) is 2. The molecule has 0 saturated carbocycles. The highest BCUT2D eigenvalue weighted by molar-refractivity contribution is 6.07. The highest BCUT2D eigenvalue weighted by Gasteiger charge is 2.15. The second-order valence-corrected chi connectivity index (χ2v) is 6.25. The Morgan fingerprint density at radius 1 is 0.966 bits per heavy atom. The van der Waals surface area contributed by atoms with Gasteiger partial charge >= 0.3 is 5.97 Å². The number of amides is 1. The van der Waals surface area contributed by atoms with Gasteiger partial charge in [-0.05, 0) is 48.9 Å². The van der Waals surface area contributed by atoms with E-state index in [1.165, 1.54) is 7.11 Å². The van der Waals surface area contributed by atoms with Gasteiger partial charge in [0.1, 0.15) is 11.4 Å². The number of nitrogens with zero attached hydrogens (tertiary/aromatic N) is 1. The second kappa shape index (κ2) is 8.88. The minimum atomic E-state index is -0.527. The monoisotopic (exact) mass is 391 g/mol. The summed E-state index contributed by atoms with van der Waals surface area (Å²) in [5.74, 6) is -0.251. The first-order valence-corrected chi connectivity index (χ1v) is 8.88. The van der Waals surface area contributed by atoms with Crippen molar-refractivity contribution in [3.8, 4) is 5.75 Å². The van der Waals surface area contributed by atoms with Crippen LogP contribution in [0.2, 0.25) is 0 Å². The number of hydrogen-bond donors (Lipinski definition) is 2. The van der Waals surface area contributed by atoms with Crippen LogP contribution in [0.5, 0.6) is 5.75 Å². The fraction of sp³-hybridized carbons (Fsp3) is 0.136. The number of methoxy groups -OCH3 is 2. The lowest BCUT2D eigenvalue weighted by atomic mass is 10.1. The van der Waals surface area contributed by atoms with Crippen LogP contribution in [0.25, 0.3) is 0 Å². The van der Waals surface area contributed by atoms with E-state index in [-0.39, 0.29) is 11.3 Å². The first-order valence-electron chi connectivity index (χ1n) is 8.88. The third-order valence-electron chi connectivity index (χ3n) is 4.21. The quantitative estimate of drug-likeness (QED) is 0.613. The molecule has 0 spiro atoms. The summed E-state index contributed by atoms with van der Waals surface area (Å²) in [5.41, 5.74) is 3.44. The number of rotatable bonds is 6. The number of anilines is 3. The van der Waals surface area contributed by atoms with Gasteiger partial charge in [0.25, 0.3) is 5.91 Å². The van der Waals surface area contributed by atoms with Crippen molar-refractivity contribution in [3.05, 3.63) is 77.6 Å². The van der Waals surface area contributed by atoms with E-state index in [9.17, 15) is 9.59 Å². The number of hydrogen-bond acceptors (Lipinski definition) is 6. The van der Waals surface area contributed by atoms with Crippen LogP contribution in [0.15, 0.2) is 60.8 Å². The molecule has 0 bridgehead atoms. The van der Waals surface area contributed by atoms with Gasteiger partial charge in [-0.25, -0.2) is 9.78 Å². The van der Waals surface area contributed by atoms with Crippen molar-refractivity contribution in [1.29, 1.82) is 0 Å². The largest absolute Gasteiger partial charge is 0.495 e. The fourth-order valence-electron chi connectivity index (χ4n) is 2.74. The molecule has 29 heavy (non-hydrogen) atoms. The number of esters is 1. The lowest BCUT2D eigenvalue weighted by molar-refractivity contribution is 0.0602. The molecule has 0 aliphatic heterocycles. The Morgan fingerprint density at radius 2 is 1.76 bits per heavy atom. The number of aryl methyl sites for hydroxylation is 1. The van der Waals surface area contributed by atoms with E-state index < -0.39 is 11.9 Å². The number of aromatic nitrogens is 1. The van der Waals surface area contributed by atoms with Gasteiger partial charge in [0.15, 0.2) is 0 Å². The topological polar surface area (TPSA) is 89.5 Å². The number of benzene rings is 2. The summed E-state index contributed by atoms with van der Waals surface area (Å²) in [5, 5.41) is 5.93. The standard InChI is InChI=1S/C22H21N3O4/c1-14-8-11-20(28-2)19(12-14)24-15-9-10-18(23-13-15)21(26)25-17-7-5-4-6-16(17)22(27)29-3/h4-13,24H,1-3H3,(H,25,26). The first-order chi connectivity index (χ1) is 14.0. The van der Waals surface area contributed by atoms with Gasteiger partial charge < -0.3 is 20.1 Å². The van der Waals surface area contributed by atoms with E-state index in [4.69, 9.17) is 9.47 Å². The number of para-hydroxylation sites is 1. The van der Waals surface area contributed by atoms with Crippen molar-refractivity contribution >= 4 is 28.9 Å². The molecule has 3 rings (SSSR count). The zero-order chi connectivity index (χ0) is 20.8. The van der Waals surface area contributed by atoms with Gasteiger partial charge in [0, 0.05) is 0 Å². The minimum Gasteiger partial charge on any atom is -0.495 e. The number of carbonyl (C=O) groups excluding carboxylic acids is 2. The van der Waals surface area contributed by atoms with Crippen LogP contribution in [0.3, 0.4) is 0 Å². The van der Waals surface area contributed by atoms with E-state index in [2.05, 4.69) is 15.6 Å². The molecule has 1 amide bonds. The summed E-state index contributed by atoms with van der Waals surface area (Å²) < 4.78 is 10.1. The van der Waals surface area contributed by atoms with Crippen molar-refractivity contribution in [2.45, 2.75) is 6.92 Å². The predicted molar refractivity (Wildman–Crippen MR) is 111 cm³/mol. The highest BCUT2D eigenvalue weighted by Crippen LogP contribution is 2.28. The third-order valence-corrected chi connectivity index (χ3v) is 4.21. The molecule has 2 N–H and O–H groups in total. The van der Waals surface area contributed by atoms with Crippen LogP contribution in [0.1, 0.15) is 26.4 Å². The number of carbonyl (C=O) groups is 2. The molecule has 7 heteroatoms. The molecule has 3 aromatic rings. The maximum absolute atomic E-state index is 12.5. The summed E-state index contributed by atoms with van der Waals surface area (Å²) in [4.78, 5) is 28.6. The van der Waals surface area contributed by atoms with Gasteiger partial charge in [-0.15, -0.1) is 0 Å². The highest BCUT2D eigenvalue weighted by atomic mass is 16.5. The molecule has 0 atom stereocenters. The molecular formula is C22H21N3O4. The van der Waals surface area contributed by atoms with Gasteiger partial charge in [0.2, 0.25) is 0 Å². The summed E-state index contributed by atoms with van der Waals surface area (Å²) in [6.45, 7) is 1.99. The van der Waals surface area contributed by atoms with Crippen molar-refractivity contribution in [2.75, 3.05) is 24.9 Å². The molecular weight excluding hydrogens is 370 g/mol. The maximum Gasteiger partial charge on any atom is 0.339 e. The molecule has 1 heterocycles. The lowest BCUT2D eigenvalue weighted by Gasteiger charge is -2.12. The Labute approximate surface area is 168 Å². The Hall–Kier alpha value is -3.87. The van der Waals surface area contributed by atoms with Crippen molar-refractivity contribution in [3.63, 3.8) is 0 Å². The van der Waals surface area contributed by atoms with E-state index in [0.717, 1.165) is 11.3 Å². The molecule has 1 aromatic heterocycles. The molecule has 148 valence electrons. The minimum absolute atomic E-state index is 0.214. The van der Waals surface area contributed by atoms with E-state index in [1.54, 1.807) is 49.7 Å². The predicted octanol–water partition coefficient (Wildman–Crippen LogP) is 4.18. The second-order valence-electron chi connectivity index (χ2n) is 6.25. The Bertz CT molecular complexity index is 1030. The van der Waals surface area contributed by atoms with Gasteiger partial charge in [0.05, 0.1) is 43.0 Å². The average molecular weight is 391 g/mol. The summed E-state index contributed by atoms with van der Waals surface area (Å²) in [7, 11) is 2.89. The molecule has 0 aliphatic carbocycles.